The van der Waals surface area contributed by atoms with Crippen LogP contribution in [0.1, 0.15) is 43.5 Å². The minimum Gasteiger partial charge on any atom is -0.503 e. The van der Waals surface area contributed by atoms with Gasteiger partial charge in [0.1, 0.15) is 0 Å². The number of aromatic nitrogens is 1. The van der Waals surface area contributed by atoms with Gasteiger partial charge in [0.05, 0.1) is 12.3 Å². The van der Waals surface area contributed by atoms with E-state index in [2.05, 4.69) is 4.90 Å². The molecule has 2 N–H and O–H groups in total. The van der Waals surface area contributed by atoms with Crippen LogP contribution in [0, 0.1) is 0 Å². The van der Waals surface area contributed by atoms with Crippen molar-refractivity contribution >= 4 is 0 Å². The summed E-state index contributed by atoms with van der Waals surface area (Å²) in [6.07, 6.45) is 6.14. The number of aliphatic hydroxyl groups excluding tert-OH is 1. The number of hydrogen-bond donors (Lipinski definition) is 2. The molecule has 0 aromatic carbocycles. The Balaban J connectivity index is 2.23. The molecule has 1 aromatic heterocycles. The molecule has 0 saturated heterocycles. The molecule has 1 heterocycles. The zero-order valence-electron chi connectivity index (χ0n) is 12.3. The van der Waals surface area contributed by atoms with Gasteiger partial charge in [-0.25, -0.2) is 0 Å². The number of aromatic hydroxyl groups is 1. The Hall–Kier alpha value is -1.33. The molecule has 0 radical (unpaired) electrons. The van der Waals surface area contributed by atoms with E-state index < -0.39 is 5.43 Å². The molecule has 1 aliphatic carbocycles. The number of nitrogens with zero attached hydrogens (tertiary/aromatic N) is 2. The van der Waals surface area contributed by atoms with Gasteiger partial charge in [0, 0.05) is 31.4 Å². The summed E-state index contributed by atoms with van der Waals surface area (Å²) in [5.41, 5.74) is 0.689. The van der Waals surface area contributed by atoms with E-state index in [-0.39, 0.29) is 12.4 Å². The highest BCUT2D eigenvalue weighted by atomic mass is 16.3. The van der Waals surface area contributed by atoms with Crippen LogP contribution in [0.15, 0.2) is 10.9 Å². The molecule has 5 nitrogen and oxygen atoms in total. The monoisotopic (exact) mass is 280 g/mol. The number of rotatable bonds is 4. The van der Waals surface area contributed by atoms with Gasteiger partial charge in [0.2, 0.25) is 5.43 Å². The average molecular weight is 280 g/mol. The lowest BCUT2D eigenvalue weighted by atomic mass is 9.94. The third-order valence-corrected chi connectivity index (χ3v) is 4.40. The van der Waals surface area contributed by atoms with Crippen LogP contribution < -0.4 is 5.43 Å². The highest BCUT2D eigenvalue weighted by Gasteiger charge is 2.21. The lowest BCUT2D eigenvalue weighted by Gasteiger charge is -2.32. The zero-order chi connectivity index (χ0) is 14.7. The van der Waals surface area contributed by atoms with Crippen LogP contribution in [0.4, 0.5) is 0 Å². The Morgan fingerprint density at radius 3 is 2.60 bits per heavy atom. The van der Waals surface area contributed by atoms with Crippen LogP contribution in [0.5, 0.6) is 5.75 Å². The van der Waals surface area contributed by atoms with Crippen molar-refractivity contribution in [3.63, 3.8) is 0 Å². The minimum absolute atomic E-state index is 0.202. The van der Waals surface area contributed by atoms with E-state index in [0.29, 0.717) is 24.0 Å². The van der Waals surface area contributed by atoms with Crippen molar-refractivity contribution < 1.29 is 10.2 Å². The molecule has 112 valence electrons. The SMILES string of the molecule is CN(Cc1c(O)c(=O)cc(CO)n1C)C1CCCCC1. The third-order valence-electron chi connectivity index (χ3n) is 4.40. The van der Waals surface area contributed by atoms with Gasteiger partial charge in [-0.2, -0.15) is 0 Å². The van der Waals surface area contributed by atoms with Crippen LogP contribution in [0.3, 0.4) is 0 Å². The Labute approximate surface area is 119 Å². The van der Waals surface area contributed by atoms with Crippen molar-refractivity contribution in [3.8, 4) is 5.75 Å². The fraction of sp³-hybridized carbons (Fsp3) is 0.667. The van der Waals surface area contributed by atoms with Gasteiger partial charge in [0.15, 0.2) is 5.75 Å². The molecule has 20 heavy (non-hydrogen) atoms. The average Bonchev–Trinajstić information content (AvgIpc) is 2.48. The van der Waals surface area contributed by atoms with E-state index >= 15 is 0 Å². The molecule has 5 heteroatoms. The van der Waals surface area contributed by atoms with Gasteiger partial charge in [-0.05, 0) is 19.9 Å². The van der Waals surface area contributed by atoms with E-state index in [9.17, 15) is 15.0 Å². The highest BCUT2D eigenvalue weighted by Crippen LogP contribution is 2.24. The Bertz CT molecular complexity index is 519. The normalized spacial score (nSPS) is 16.8. The topological polar surface area (TPSA) is 65.7 Å². The first-order valence-electron chi connectivity index (χ1n) is 7.26. The zero-order valence-corrected chi connectivity index (χ0v) is 12.3. The van der Waals surface area contributed by atoms with E-state index in [1.165, 1.54) is 38.2 Å². The quantitative estimate of drug-likeness (QED) is 0.873. The molecular weight excluding hydrogens is 256 g/mol. The molecule has 1 aromatic rings. The smallest absolute Gasteiger partial charge is 0.223 e. The third kappa shape index (κ3) is 3.04. The van der Waals surface area contributed by atoms with E-state index in [1.807, 2.05) is 7.05 Å². The summed E-state index contributed by atoms with van der Waals surface area (Å²) in [7, 11) is 3.81. The molecular formula is C15H24N2O3. The number of aliphatic hydroxyl groups is 1. The molecule has 0 amide bonds. The maximum absolute atomic E-state index is 11.7. The molecule has 1 aliphatic rings. The second-order valence-corrected chi connectivity index (χ2v) is 5.72. The van der Waals surface area contributed by atoms with Crippen LogP contribution in [0.25, 0.3) is 0 Å². The molecule has 2 rings (SSSR count). The maximum Gasteiger partial charge on any atom is 0.223 e. The minimum atomic E-state index is -0.417. The Kier molecular flexibility index (Phi) is 4.83. The van der Waals surface area contributed by atoms with Crippen LogP contribution in [-0.2, 0) is 20.2 Å². The predicted molar refractivity (Wildman–Crippen MR) is 77.6 cm³/mol. The summed E-state index contributed by atoms with van der Waals surface area (Å²) < 4.78 is 1.72. The van der Waals surface area contributed by atoms with Crippen LogP contribution in [0.2, 0.25) is 0 Å². The van der Waals surface area contributed by atoms with Crippen LogP contribution in [-0.4, -0.2) is 32.8 Å². The van der Waals surface area contributed by atoms with Gasteiger partial charge >= 0.3 is 0 Å². The molecule has 1 fully saturated rings. The molecule has 0 atom stereocenters. The summed E-state index contributed by atoms with van der Waals surface area (Å²) in [5, 5.41) is 19.3. The van der Waals surface area contributed by atoms with E-state index in [1.54, 1.807) is 11.6 Å². The van der Waals surface area contributed by atoms with Crippen LogP contribution >= 0.6 is 0 Å². The van der Waals surface area contributed by atoms with E-state index in [0.717, 1.165) is 0 Å². The molecule has 0 spiro atoms. The molecule has 1 saturated carbocycles. The molecule has 0 bridgehead atoms. The van der Waals surface area contributed by atoms with Gasteiger partial charge in [-0.3, -0.25) is 9.69 Å². The number of pyridine rings is 1. The summed E-state index contributed by atoms with van der Waals surface area (Å²) in [5.74, 6) is -0.202. The predicted octanol–water partition coefficient (Wildman–Crippen LogP) is 1.35. The van der Waals surface area contributed by atoms with Gasteiger partial charge in [-0.15, -0.1) is 0 Å². The van der Waals surface area contributed by atoms with Crippen molar-refractivity contribution in [1.29, 1.82) is 0 Å². The Morgan fingerprint density at radius 1 is 1.35 bits per heavy atom. The second-order valence-electron chi connectivity index (χ2n) is 5.72. The van der Waals surface area contributed by atoms with E-state index in [4.69, 9.17) is 0 Å². The lowest BCUT2D eigenvalue weighted by Crippen LogP contribution is -2.34. The molecule has 0 aliphatic heterocycles. The van der Waals surface area contributed by atoms with Crippen molar-refractivity contribution in [3.05, 3.63) is 27.7 Å². The van der Waals surface area contributed by atoms with Crippen molar-refractivity contribution in [2.45, 2.75) is 51.3 Å². The second kappa shape index (κ2) is 6.41. The lowest BCUT2D eigenvalue weighted by molar-refractivity contribution is 0.178. The van der Waals surface area contributed by atoms with Crippen molar-refractivity contribution in [1.82, 2.24) is 9.47 Å². The first-order valence-corrected chi connectivity index (χ1v) is 7.26. The van der Waals surface area contributed by atoms with Gasteiger partial charge < -0.3 is 14.8 Å². The molecule has 0 unspecified atom stereocenters. The summed E-state index contributed by atoms with van der Waals surface area (Å²) in [4.78, 5) is 13.9. The fourth-order valence-electron chi connectivity index (χ4n) is 3.01. The van der Waals surface area contributed by atoms with Gasteiger partial charge in [0.25, 0.3) is 0 Å². The first kappa shape index (κ1) is 15.1. The van der Waals surface area contributed by atoms with Gasteiger partial charge in [-0.1, -0.05) is 19.3 Å². The number of hydrogen-bond acceptors (Lipinski definition) is 4. The van der Waals surface area contributed by atoms with Crippen molar-refractivity contribution in [2.24, 2.45) is 7.05 Å². The summed E-state index contributed by atoms with van der Waals surface area (Å²) in [6, 6.07) is 1.80. The van der Waals surface area contributed by atoms with Crippen molar-refractivity contribution in [2.75, 3.05) is 7.05 Å². The summed E-state index contributed by atoms with van der Waals surface area (Å²) >= 11 is 0. The maximum atomic E-state index is 11.7. The standard InChI is InChI=1S/C15H24N2O3/c1-16(11-6-4-3-5-7-11)9-13-15(20)14(19)8-12(10-18)17(13)2/h8,11,18,20H,3-7,9-10H2,1-2H3. The highest BCUT2D eigenvalue weighted by molar-refractivity contribution is 5.29. The largest absolute Gasteiger partial charge is 0.503 e. The fourth-order valence-corrected chi connectivity index (χ4v) is 3.01. The Morgan fingerprint density at radius 2 is 2.00 bits per heavy atom. The first-order chi connectivity index (χ1) is 9.54. The summed E-state index contributed by atoms with van der Waals surface area (Å²) in [6.45, 7) is 0.322.